The van der Waals surface area contributed by atoms with Gasteiger partial charge in [0.15, 0.2) is 0 Å². The second-order valence-electron chi connectivity index (χ2n) is 5.15. The topological polar surface area (TPSA) is 82.4 Å². The fourth-order valence-corrected chi connectivity index (χ4v) is 2.89. The van der Waals surface area contributed by atoms with Gasteiger partial charge in [-0.05, 0) is 48.4 Å². The van der Waals surface area contributed by atoms with Gasteiger partial charge in [0.1, 0.15) is 11.8 Å². The van der Waals surface area contributed by atoms with Crippen LogP contribution in [0.5, 0.6) is 5.75 Å². The van der Waals surface area contributed by atoms with E-state index in [0.717, 1.165) is 30.4 Å². The third-order valence-corrected chi connectivity index (χ3v) is 3.96. The molecular formula is C16H18N2O3. The molecule has 1 aliphatic rings. The zero-order chi connectivity index (χ0) is 15.4. The Morgan fingerprint density at radius 3 is 2.95 bits per heavy atom. The minimum Gasteiger partial charge on any atom is -0.495 e. The van der Waals surface area contributed by atoms with E-state index in [4.69, 9.17) is 15.1 Å². The first-order valence-electron chi connectivity index (χ1n) is 6.81. The number of nitrogens with one attached hydrogen (secondary N) is 1. The number of fused-ring (bicyclic) bond motifs is 1. The summed E-state index contributed by atoms with van der Waals surface area (Å²) in [7, 11) is 1.54. The number of nitriles is 1. The second kappa shape index (κ2) is 6.31. The first kappa shape index (κ1) is 14.9. The van der Waals surface area contributed by atoms with E-state index in [0.29, 0.717) is 11.3 Å². The van der Waals surface area contributed by atoms with Crippen molar-refractivity contribution in [1.29, 1.82) is 5.26 Å². The van der Waals surface area contributed by atoms with Crippen LogP contribution in [0, 0.1) is 17.2 Å². The molecule has 5 heteroatoms. The van der Waals surface area contributed by atoms with Crippen LogP contribution in [-0.4, -0.2) is 24.4 Å². The van der Waals surface area contributed by atoms with E-state index in [1.54, 1.807) is 13.2 Å². The van der Waals surface area contributed by atoms with E-state index in [1.165, 1.54) is 0 Å². The highest BCUT2D eigenvalue weighted by atomic mass is 16.5. The summed E-state index contributed by atoms with van der Waals surface area (Å²) in [4.78, 5) is 10.8. The molecule has 0 heterocycles. The van der Waals surface area contributed by atoms with Crippen molar-refractivity contribution in [3.63, 3.8) is 0 Å². The van der Waals surface area contributed by atoms with Crippen molar-refractivity contribution >= 4 is 6.09 Å². The zero-order valence-electron chi connectivity index (χ0n) is 11.9. The Hall–Kier alpha value is -2.48. The third-order valence-electron chi connectivity index (χ3n) is 3.96. The van der Waals surface area contributed by atoms with E-state index in [9.17, 15) is 4.79 Å². The Labute approximate surface area is 123 Å². The van der Waals surface area contributed by atoms with Crippen LogP contribution < -0.4 is 10.1 Å². The maximum Gasteiger partial charge on any atom is 0.405 e. The van der Waals surface area contributed by atoms with Gasteiger partial charge in [-0.3, -0.25) is 0 Å². The van der Waals surface area contributed by atoms with Crippen molar-refractivity contribution < 1.29 is 14.6 Å². The Bertz CT molecular complexity index is 604. The number of benzene rings is 1. The van der Waals surface area contributed by atoms with Crippen molar-refractivity contribution in [3.8, 4) is 11.8 Å². The summed E-state index contributed by atoms with van der Waals surface area (Å²) in [5, 5.41) is 20.5. The van der Waals surface area contributed by atoms with E-state index in [1.807, 2.05) is 12.1 Å². The van der Waals surface area contributed by atoms with Crippen LogP contribution in [0.1, 0.15) is 23.1 Å². The molecule has 2 N–H and O–H groups in total. The third kappa shape index (κ3) is 3.16. The average Bonchev–Trinajstić information content (AvgIpc) is 2.50. The molecule has 0 spiro atoms. The summed E-state index contributed by atoms with van der Waals surface area (Å²) in [5.41, 5.74) is 2.79. The van der Waals surface area contributed by atoms with Crippen LogP contribution in [0.3, 0.4) is 0 Å². The molecule has 0 bridgehead atoms. The standard InChI is InChI=1S/C16H18N2O3/c1-3-14(18-16(19)20)11-5-4-10-6-13(9-17)15(21-2)8-12(10)7-11/h3,6,8,11,14,18H,1,4-5,7H2,2H3,(H,19,20). The highest BCUT2D eigenvalue weighted by Gasteiger charge is 2.26. The summed E-state index contributed by atoms with van der Waals surface area (Å²) >= 11 is 0. The summed E-state index contributed by atoms with van der Waals surface area (Å²) in [5.74, 6) is 0.738. The van der Waals surface area contributed by atoms with Gasteiger partial charge in [0.25, 0.3) is 0 Å². The minimum absolute atomic E-state index is 0.170. The molecule has 110 valence electrons. The summed E-state index contributed by atoms with van der Waals surface area (Å²) in [6.07, 6.45) is 3.04. The number of hydrogen-bond acceptors (Lipinski definition) is 3. The van der Waals surface area contributed by atoms with Crippen molar-refractivity contribution in [3.05, 3.63) is 41.5 Å². The number of hydrogen-bond donors (Lipinski definition) is 2. The lowest BCUT2D eigenvalue weighted by atomic mass is 9.79. The maximum atomic E-state index is 10.8. The molecule has 0 radical (unpaired) electrons. The van der Waals surface area contributed by atoms with E-state index in [-0.39, 0.29) is 12.0 Å². The Morgan fingerprint density at radius 1 is 1.62 bits per heavy atom. The number of ether oxygens (including phenoxy) is 1. The highest BCUT2D eigenvalue weighted by Crippen LogP contribution is 2.32. The molecule has 2 unspecified atom stereocenters. The number of aryl methyl sites for hydroxylation is 1. The molecule has 1 aromatic rings. The second-order valence-corrected chi connectivity index (χ2v) is 5.15. The van der Waals surface area contributed by atoms with Crippen LogP contribution >= 0.6 is 0 Å². The van der Waals surface area contributed by atoms with Crippen molar-refractivity contribution in [2.45, 2.75) is 25.3 Å². The molecular weight excluding hydrogens is 268 g/mol. The maximum absolute atomic E-state index is 10.8. The normalized spacial score (nSPS) is 18.0. The van der Waals surface area contributed by atoms with Crippen molar-refractivity contribution in [2.24, 2.45) is 5.92 Å². The van der Waals surface area contributed by atoms with Gasteiger partial charge < -0.3 is 15.2 Å². The predicted octanol–water partition coefficient (Wildman–Crippen LogP) is 2.49. The van der Waals surface area contributed by atoms with E-state index < -0.39 is 6.09 Å². The van der Waals surface area contributed by atoms with Gasteiger partial charge in [0, 0.05) is 0 Å². The van der Waals surface area contributed by atoms with E-state index >= 15 is 0 Å². The lowest BCUT2D eigenvalue weighted by Gasteiger charge is -2.30. The van der Waals surface area contributed by atoms with E-state index in [2.05, 4.69) is 18.0 Å². The molecule has 1 aliphatic carbocycles. The first-order chi connectivity index (χ1) is 10.1. The van der Waals surface area contributed by atoms with Crippen LogP contribution in [0.25, 0.3) is 0 Å². The molecule has 0 aromatic heterocycles. The number of carbonyl (C=O) groups is 1. The van der Waals surface area contributed by atoms with Gasteiger partial charge in [-0.25, -0.2) is 4.79 Å². The van der Waals surface area contributed by atoms with Crippen LogP contribution in [-0.2, 0) is 12.8 Å². The Balaban J connectivity index is 2.25. The van der Waals surface area contributed by atoms with Crippen LogP contribution in [0.2, 0.25) is 0 Å². The van der Waals surface area contributed by atoms with Gasteiger partial charge in [-0.2, -0.15) is 5.26 Å². The van der Waals surface area contributed by atoms with Gasteiger partial charge in [0.05, 0.1) is 18.7 Å². The average molecular weight is 286 g/mol. The molecule has 0 fully saturated rings. The SMILES string of the molecule is C=CC(NC(=O)O)C1CCc2cc(C#N)c(OC)cc2C1. The summed E-state index contributed by atoms with van der Waals surface area (Å²) < 4.78 is 5.24. The lowest BCUT2D eigenvalue weighted by Crippen LogP contribution is -2.40. The monoisotopic (exact) mass is 286 g/mol. The number of carboxylic acid groups (broad SMARTS) is 1. The fraction of sp³-hybridized carbons (Fsp3) is 0.375. The number of amides is 1. The van der Waals surface area contributed by atoms with Crippen LogP contribution in [0.4, 0.5) is 4.79 Å². The highest BCUT2D eigenvalue weighted by molar-refractivity contribution is 5.65. The van der Waals surface area contributed by atoms with Gasteiger partial charge in [0.2, 0.25) is 0 Å². The molecule has 1 aromatic carbocycles. The first-order valence-corrected chi connectivity index (χ1v) is 6.81. The summed E-state index contributed by atoms with van der Waals surface area (Å²) in [6, 6.07) is 5.63. The van der Waals surface area contributed by atoms with Gasteiger partial charge >= 0.3 is 6.09 Å². The smallest absolute Gasteiger partial charge is 0.405 e. The summed E-state index contributed by atoms with van der Waals surface area (Å²) in [6.45, 7) is 3.71. The largest absolute Gasteiger partial charge is 0.495 e. The molecule has 0 saturated heterocycles. The molecule has 21 heavy (non-hydrogen) atoms. The number of rotatable bonds is 4. The molecule has 1 amide bonds. The quantitative estimate of drug-likeness (QED) is 0.833. The molecule has 0 saturated carbocycles. The molecule has 2 rings (SSSR count). The number of nitrogens with zero attached hydrogens (tertiary/aromatic N) is 1. The zero-order valence-corrected chi connectivity index (χ0v) is 11.9. The van der Waals surface area contributed by atoms with Gasteiger partial charge in [-0.15, -0.1) is 6.58 Å². The predicted molar refractivity (Wildman–Crippen MR) is 78.4 cm³/mol. The Morgan fingerprint density at radius 2 is 2.38 bits per heavy atom. The molecule has 2 atom stereocenters. The van der Waals surface area contributed by atoms with Crippen LogP contribution in [0.15, 0.2) is 24.8 Å². The molecule has 5 nitrogen and oxygen atoms in total. The molecule has 0 aliphatic heterocycles. The number of methoxy groups -OCH3 is 1. The fourth-order valence-electron chi connectivity index (χ4n) is 2.89. The van der Waals surface area contributed by atoms with Crippen molar-refractivity contribution in [1.82, 2.24) is 5.32 Å². The lowest BCUT2D eigenvalue weighted by molar-refractivity contribution is 0.187. The minimum atomic E-state index is -1.04. The van der Waals surface area contributed by atoms with Crippen molar-refractivity contribution in [2.75, 3.05) is 7.11 Å². The Kier molecular flexibility index (Phi) is 4.49. The van der Waals surface area contributed by atoms with Gasteiger partial charge in [-0.1, -0.05) is 6.08 Å².